The number of methoxy groups -OCH3 is 1. The van der Waals surface area contributed by atoms with Crippen LogP contribution in [0.2, 0.25) is 0 Å². The molecule has 5 nitrogen and oxygen atoms in total. The van der Waals surface area contributed by atoms with Gasteiger partial charge in [0.1, 0.15) is 17.3 Å². The van der Waals surface area contributed by atoms with Crippen molar-refractivity contribution < 1.29 is 13.9 Å². The van der Waals surface area contributed by atoms with Gasteiger partial charge in [0, 0.05) is 18.4 Å². The van der Waals surface area contributed by atoms with Gasteiger partial charge in [-0.3, -0.25) is 0 Å². The maximum absolute atomic E-state index is 13.0. The lowest BCUT2D eigenvalue weighted by Gasteiger charge is -2.07. The molecule has 0 aliphatic carbocycles. The van der Waals surface area contributed by atoms with Gasteiger partial charge in [0.05, 0.1) is 13.7 Å². The topological polar surface area (TPSA) is 49.2 Å². The molecule has 0 unspecified atom stereocenters. The van der Waals surface area contributed by atoms with Crippen molar-refractivity contribution in [2.45, 2.75) is 5.16 Å². The Morgan fingerprint density at radius 1 is 1.00 bits per heavy atom. The number of hydrogen-bond donors (Lipinski definition) is 0. The van der Waals surface area contributed by atoms with Crippen LogP contribution in [0.5, 0.6) is 11.5 Å². The summed E-state index contributed by atoms with van der Waals surface area (Å²) in [6.45, 7) is 0.551. The molecule has 3 rings (SSSR count). The van der Waals surface area contributed by atoms with Crippen LogP contribution >= 0.6 is 11.8 Å². The van der Waals surface area contributed by atoms with Crippen molar-refractivity contribution in [2.75, 3.05) is 19.5 Å². The smallest absolute Gasteiger partial charge is 0.191 e. The van der Waals surface area contributed by atoms with E-state index < -0.39 is 0 Å². The van der Waals surface area contributed by atoms with Crippen LogP contribution in [0.3, 0.4) is 0 Å². The fourth-order valence-corrected chi connectivity index (χ4v) is 2.98. The molecule has 130 valence electrons. The first-order valence-electron chi connectivity index (χ1n) is 7.72. The van der Waals surface area contributed by atoms with Crippen LogP contribution in [0.25, 0.3) is 11.4 Å². The lowest BCUT2D eigenvalue weighted by Crippen LogP contribution is -2.02. The van der Waals surface area contributed by atoms with E-state index in [1.807, 2.05) is 35.9 Å². The van der Waals surface area contributed by atoms with Crippen LogP contribution in [0.4, 0.5) is 4.39 Å². The standard InChI is InChI=1S/C18H18FN3O2S/c1-22-17(13-3-5-14(19)6-4-13)20-21-18(22)25-12-11-24-16-9-7-15(23-2)8-10-16/h3-10H,11-12H2,1-2H3. The Morgan fingerprint density at radius 2 is 1.68 bits per heavy atom. The lowest BCUT2D eigenvalue weighted by atomic mass is 10.2. The Bertz CT molecular complexity index is 819. The van der Waals surface area contributed by atoms with Gasteiger partial charge in [0.15, 0.2) is 11.0 Å². The maximum atomic E-state index is 13.0. The highest BCUT2D eigenvalue weighted by atomic mass is 32.2. The molecule has 0 amide bonds. The van der Waals surface area contributed by atoms with E-state index in [-0.39, 0.29) is 5.82 Å². The molecule has 0 radical (unpaired) electrons. The van der Waals surface area contributed by atoms with Crippen LogP contribution in [-0.2, 0) is 7.05 Å². The lowest BCUT2D eigenvalue weighted by molar-refractivity contribution is 0.342. The molecule has 25 heavy (non-hydrogen) atoms. The summed E-state index contributed by atoms with van der Waals surface area (Å²) in [4.78, 5) is 0. The van der Waals surface area contributed by atoms with E-state index in [0.717, 1.165) is 28.0 Å². The van der Waals surface area contributed by atoms with Crippen molar-refractivity contribution in [2.24, 2.45) is 7.05 Å². The number of aromatic nitrogens is 3. The van der Waals surface area contributed by atoms with Gasteiger partial charge in [0.2, 0.25) is 0 Å². The molecule has 0 saturated heterocycles. The van der Waals surface area contributed by atoms with E-state index in [4.69, 9.17) is 9.47 Å². The summed E-state index contributed by atoms with van der Waals surface area (Å²) < 4.78 is 25.7. The highest BCUT2D eigenvalue weighted by molar-refractivity contribution is 7.99. The third-order valence-electron chi connectivity index (χ3n) is 3.58. The largest absolute Gasteiger partial charge is 0.497 e. The van der Waals surface area contributed by atoms with Crippen molar-refractivity contribution in [1.29, 1.82) is 0 Å². The summed E-state index contributed by atoms with van der Waals surface area (Å²) in [5.41, 5.74) is 0.831. The van der Waals surface area contributed by atoms with E-state index >= 15 is 0 Å². The van der Waals surface area contributed by atoms with E-state index in [9.17, 15) is 4.39 Å². The average molecular weight is 359 g/mol. The first-order valence-corrected chi connectivity index (χ1v) is 8.71. The molecule has 0 bridgehead atoms. The Labute approximate surface area is 149 Å². The molecular weight excluding hydrogens is 341 g/mol. The monoisotopic (exact) mass is 359 g/mol. The molecule has 1 aromatic heterocycles. The minimum absolute atomic E-state index is 0.267. The predicted molar refractivity (Wildman–Crippen MR) is 95.6 cm³/mol. The average Bonchev–Trinajstić information content (AvgIpc) is 3.01. The maximum Gasteiger partial charge on any atom is 0.191 e. The molecule has 3 aromatic rings. The summed E-state index contributed by atoms with van der Waals surface area (Å²) >= 11 is 1.56. The van der Waals surface area contributed by atoms with Gasteiger partial charge in [-0.05, 0) is 48.5 Å². The first kappa shape index (κ1) is 17.3. The van der Waals surface area contributed by atoms with Crippen molar-refractivity contribution in [3.63, 3.8) is 0 Å². The highest BCUT2D eigenvalue weighted by Gasteiger charge is 2.11. The fourth-order valence-electron chi connectivity index (χ4n) is 2.26. The molecule has 0 fully saturated rings. The highest BCUT2D eigenvalue weighted by Crippen LogP contribution is 2.23. The molecule has 2 aromatic carbocycles. The number of hydrogen-bond acceptors (Lipinski definition) is 5. The molecule has 0 spiro atoms. The summed E-state index contributed by atoms with van der Waals surface area (Å²) in [7, 11) is 3.53. The van der Waals surface area contributed by atoms with Gasteiger partial charge in [-0.25, -0.2) is 4.39 Å². The van der Waals surface area contributed by atoms with Crippen molar-refractivity contribution in [3.8, 4) is 22.9 Å². The summed E-state index contributed by atoms with van der Waals surface area (Å²) in [5.74, 6) is 2.77. The number of rotatable bonds is 7. The van der Waals surface area contributed by atoms with E-state index in [1.54, 1.807) is 31.0 Å². The van der Waals surface area contributed by atoms with Crippen molar-refractivity contribution in [1.82, 2.24) is 14.8 Å². The molecule has 0 aliphatic rings. The summed E-state index contributed by atoms with van der Waals surface area (Å²) in [6.07, 6.45) is 0. The van der Waals surface area contributed by atoms with E-state index in [0.29, 0.717) is 12.4 Å². The second-order valence-electron chi connectivity index (χ2n) is 5.24. The zero-order valence-corrected chi connectivity index (χ0v) is 14.8. The normalized spacial score (nSPS) is 10.7. The molecule has 0 saturated carbocycles. The quantitative estimate of drug-likeness (QED) is 0.474. The van der Waals surface area contributed by atoms with Crippen LogP contribution in [0, 0.1) is 5.82 Å². The first-order chi connectivity index (χ1) is 12.2. The SMILES string of the molecule is COc1ccc(OCCSc2nnc(-c3ccc(F)cc3)n2C)cc1. The minimum Gasteiger partial charge on any atom is -0.497 e. The molecule has 0 aliphatic heterocycles. The van der Waals surface area contributed by atoms with Crippen molar-refractivity contribution >= 4 is 11.8 Å². The van der Waals surface area contributed by atoms with Crippen molar-refractivity contribution in [3.05, 3.63) is 54.3 Å². The molecule has 7 heteroatoms. The van der Waals surface area contributed by atoms with Gasteiger partial charge in [0.25, 0.3) is 0 Å². The van der Waals surface area contributed by atoms with Crippen LogP contribution in [0.15, 0.2) is 53.7 Å². The molecule has 0 atom stereocenters. The van der Waals surface area contributed by atoms with Crippen LogP contribution < -0.4 is 9.47 Å². The number of halogens is 1. The van der Waals surface area contributed by atoms with Crippen LogP contribution in [-0.4, -0.2) is 34.2 Å². The number of thioether (sulfide) groups is 1. The molecular formula is C18H18FN3O2S. The van der Waals surface area contributed by atoms with E-state index in [1.165, 1.54) is 12.1 Å². The Balaban J connectivity index is 1.54. The summed E-state index contributed by atoms with van der Waals surface area (Å²) in [5, 5.41) is 9.17. The second kappa shape index (κ2) is 8.02. The third-order valence-corrected chi connectivity index (χ3v) is 4.56. The zero-order chi connectivity index (χ0) is 17.6. The third kappa shape index (κ3) is 4.30. The van der Waals surface area contributed by atoms with Gasteiger partial charge < -0.3 is 14.0 Å². The second-order valence-corrected chi connectivity index (χ2v) is 6.31. The molecule has 0 N–H and O–H groups in total. The number of benzene rings is 2. The minimum atomic E-state index is -0.267. The number of ether oxygens (including phenoxy) is 2. The van der Waals surface area contributed by atoms with E-state index in [2.05, 4.69) is 10.2 Å². The van der Waals surface area contributed by atoms with Gasteiger partial charge in [-0.2, -0.15) is 0 Å². The Hall–Kier alpha value is -2.54. The van der Waals surface area contributed by atoms with Crippen LogP contribution in [0.1, 0.15) is 0 Å². The fraction of sp³-hybridized carbons (Fsp3) is 0.222. The zero-order valence-electron chi connectivity index (χ0n) is 14.0. The Morgan fingerprint density at radius 3 is 2.36 bits per heavy atom. The number of nitrogens with zero attached hydrogens (tertiary/aromatic N) is 3. The van der Waals surface area contributed by atoms with Gasteiger partial charge >= 0.3 is 0 Å². The van der Waals surface area contributed by atoms with Gasteiger partial charge in [-0.15, -0.1) is 10.2 Å². The predicted octanol–water partition coefficient (Wildman–Crippen LogP) is 3.80. The molecule has 1 heterocycles. The summed E-state index contributed by atoms with van der Waals surface area (Å²) in [6, 6.07) is 13.7. The Kier molecular flexibility index (Phi) is 5.55. The van der Waals surface area contributed by atoms with Gasteiger partial charge in [-0.1, -0.05) is 11.8 Å².